The lowest BCUT2D eigenvalue weighted by Crippen LogP contribution is -2.55. The molecule has 21 heavy (non-hydrogen) atoms. The van der Waals surface area contributed by atoms with Gasteiger partial charge in [-0.3, -0.25) is 4.90 Å². The van der Waals surface area contributed by atoms with E-state index >= 15 is 0 Å². The molecule has 4 heterocycles. The van der Waals surface area contributed by atoms with E-state index in [2.05, 4.69) is 41.1 Å². The lowest BCUT2D eigenvalue weighted by molar-refractivity contribution is -0.00872. The van der Waals surface area contributed by atoms with Crippen LogP contribution < -0.4 is 0 Å². The smallest absolute Gasteiger partial charge is 0.0459 e. The number of aromatic nitrogens is 1. The van der Waals surface area contributed by atoms with Crippen LogP contribution >= 0.6 is 0 Å². The summed E-state index contributed by atoms with van der Waals surface area (Å²) in [6.45, 7) is 5.02. The molecule has 2 saturated heterocycles. The van der Waals surface area contributed by atoms with E-state index in [1.165, 1.54) is 49.7 Å². The zero-order valence-corrected chi connectivity index (χ0v) is 12.8. The lowest BCUT2D eigenvalue weighted by Gasteiger charge is -2.52. The van der Waals surface area contributed by atoms with Crippen molar-refractivity contribution < 1.29 is 0 Å². The molecular formula is C19H24N2. The molecule has 4 bridgehead atoms. The Bertz CT molecular complexity index is 686. The van der Waals surface area contributed by atoms with Crippen molar-refractivity contribution in [2.24, 2.45) is 11.8 Å². The molecule has 0 spiro atoms. The molecule has 4 aliphatic rings. The molecule has 5 unspecified atom stereocenters. The Balaban J connectivity index is 1.64. The number of piperidine rings is 2. The predicted octanol–water partition coefficient (Wildman–Crippen LogP) is 3.93. The van der Waals surface area contributed by atoms with Gasteiger partial charge in [0, 0.05) is 41.6 Å². The van der Waals surface area contributed by atoms with Gasteiger partial charge in [0.2, 0.25) is 0 Å². The van der Waals surface area contributed by atoms with Gasteiger partial charge in [-0.25, -0.2) is 0 Å². The van der Waals surface area contributed by atoms with E-state index < -0.39 is 0 Å². The molecule has 6 rings (SSSR count). The Hall–Kier alpha value is -1.28. The number of H-pyrrole nitrogens is 1. The Morgan fingerprint density at radius 2 is 2.14 bits per heavy atom. The molecular weight excluding hydrogens is 256 g/mol. The SMILES string of the molecule is CCC1CC2C3CC1CN2CCc1c3[nH]c2ccccc12. The minimum atomic E-state index is 0.761. The molecule has 1 aromatic heterocycles. The van der Waals surface area contributed by atoms with Crippen LogP contribution in [0.3, 0.4) is 0 Å². The van der Waals surface area contributed by atoms with Crippen molar-refractivity contribution in [3.63, 3.8) is 0 Å². The van der Waals surface area contributed by atoms with Crippen molar-refractivity contribution in [2.75, 3.05) is 13.1 Å². The number of fused-ring (bicyclic) bond motifs is 4. The zero-order valence-electron chi connectivity index (χ0n) is 12.8. The second kappa shape index (κ2) is 4.36. The largest absolute Gasteiger partial charge is 0.358 e. The molecule has 1 saturated carbocycles. The molecule has 0 amide bonds. The first-order valence-corrected chi connectivity index (χ1v) is 8.68. The van der Waals surface area contributed by atoms with Crippen molar-refractivity contribution in [1.29, 1.82) is 0 Å². The Labute approximate surface area is 126 Å². The van der Waals surface area contributed by atoms with E-state index in [0.29, 0.717) is 0 Å². The first-order chi connectivity index (χ1) is 10.3. The second-order valence-corrected chi connectivity index (χ2v) is 7.38. The minimum absolute atomic E-state index is 0.761. The number of aromatic amines is 1. The van der Waals surface area contributed by atoms with Gasteiger partial charge in [-0.15, -0.1) is 0 Å². The third-order valence-electron chi connectivity index (χ3n) is 6.56. The van der Waals surface area contributed by atoms with Crippen LogP contribution in [0.1, 0.15) is 43.4 Å². The third-order valence-corrected chi connectivity index (χ3v) is 6.56. The highest BCUT2D eigenvalue weighted by atomic mass is 15.2. The maximum atomic E-state index is 3.80. The quantitative estimate of drug-likeness (QED) is 0.838. The number of nitrogens with one attached hydrogen (secondary N) is 1. The van der Waals surface area contributed by atoms with Crippen molar-refractivity contribution >= 4 is 10.9 Å². The number of nitrogens with zero attached hydrogens (tertiary/aromatic N) is 1. The zero-order chi connectivity index (χ0) is 14.0. The van der Waals surface area contributed by atoms with Crippen molar-refractivity contribution in [1.82, 2.24) is 9.88 Å². The summed E-state index contributed by atoms with van der Waals surface area (Å²) in [6, 6.07) is 9.70. The van der Waals surface area contributed by atoms with E-state index in [1.54, 1.807) is 11.3 Å². The number of hydrogen-bond acceptors (Lipinski definition) is 1. The van der Waals surface area contributed by atoms with Crippen LogP contribution in [0.4, 0.5) is 0 Å². The van der Waals surface area contributed by atoms with Gasteiger partial charge in [0.15, 0.2) is 0 Å². The average molecular weight is 280 g/mol. The normalized spacial score (nSPS) is 37.5. The molecule has 110 valence electrons. The molecule has 1 N–H and O–H groups in total. The first-order valence-electron chi connectivity index (χ1n) is 8.68. The standard InChI is InChI=1S/C19H24N2/c1-2-12-10-18-16-9-13(12)11-21(18)8-7-15-14-5-3-4-6-17(14)20-19(15)16/h3-6,12-13,16,18,20H,2,7-11H2,1H3. The number of hydrogen-bond donors (Lipinski definition) is 1. The summed E-state index contributed by atoms with van der Waals surface area (Å²) in [5, 5.41) is 1.48. The summed E-state index contributed by atoms with van der Waals surface area (Å²) in [7, 11) is 0. The average Bonchev–Trinajstić information content (AvgIpc) is 2.87. The summed E-state index contributed by atoms with van der Waals surface area (Å²) in [5.41, 5.74) is 4.56. The monoisotopic (exact) mass is 280 g/mol. The summed E-state index contributed by atoms with van der Waals surface area (Å²) < 4.78 is 0. The van der Waals surface area contributed by atoms with Gasteiger partial charge >= 0.3 is 0 Å². The summed E-state index contributed by atoms with van der Waals surface area (Å²) in [6.07, 6.45) is 5.46. The topological polar surface area (TPSA) is 19.0 Å². The molecule has 5 atom stereocenters. The molecule has 0 radical (unpaired) electrons. The van der Waals surface area contributed by atoms with E-state index in [4.69, 9.17) is 0 Å². The summed E-state index contributed by atoms with van der Waals surface area (Å²) >= 11 is 0. The van der Waals surface area contributed by atoms with E-state index in [-0.39, 0.29) is 0 Å². The first kappa shape index (κ1) is 12.3. The van der Waals surface area contributed by atoms with Crippen LogP contribution in [0.2, 0.25) is 0 Å². The van der Waals surface area contributed by atoms with Crippen LogP contribution in [-0.4, -0.2) is 29.0 Å². The lowest BCUT2D eigenvalue weighted by atomic mass is 9.65. The molecule has 2 heteroatoms. The maximum Gasteiger partial charge on any atom is 0.0459 e. The number of rotatable bonds is 1. The van der Waals surface area contributed by atoms with Gasteiger partial charge in [-0.05, 0) is 42.7 Å². The minimum Gasteiger partial charge on any atom is -0.358 e. The summed E-state index contributed by atoms with van der Waals surface area (Å²) in [4.78, 5) is 6.62. The fourth-order valence-corrected chi connectivity index (χ4v) is 5.54. The molecule has 3 fully saturated rings. The maximum absolute atomic E-state index is 3.80. The van der Waals surface area contributed by atoms with Crippen molar-refractivity contribution in [2.45, 2.75) is 44.6 Å². The molecule has 3 aliphatic heterocycles. The third kappa shape index (κ3) is 1.63. The van der Waals surface area contributed by atoms with Crippen LogP contribution in [0, 0.1) is 11.8 Å². The predicted molar refractivity (Wildman–Crippen MR) is 86.6 cm³/mol. The van der Waals surface area contributed by atoms with Gasteiger partial charge in [-0.1, -0.05) is 31.5 Å². The molecule has 1 aliphatic carbocycles. The van der Waals surface area contributed by atoms with E-state index in [0.717, 1.165) is 23.8 Å². The fraction of sp³-hybridized carbons (Fsp3) is 0.579. The van der Waals surface area contributed by atoms with Crippen LogP contribution in [-0.2, 0) is 6.42 Å². The highest BCUT2D eigenvalue weighted by Gasteiger charge is 2.47. The van der Waals surface area contributed by atoms with Gasteiger partial charge in [0.1, 0.15) is 0 Å². The van der Waals surface area contributed by atoms with Crippen LogP contribution in [0.15, 0.2) is 24.3 Å². The highest BCUT2D eigenvalue weighted by molar-refractivity contribution is 5.85. The Kier molecular flexibility index (Phi) is 2.55. The van der Waals surface area contributed by atoms with Crippen molar-refractivity contribution in [3.8, 4) is 0 Å². The summed E-state index contributed by atoms with van der Waals surface area (Å²) in [5.74, 6) is 2.67. The Morgan fingerprint density at radius 1 is 1.24 bits per heavy atom. The van der Waals surface area contributed by atoms with Crippen LogP contribution in [0.25, 0.3) is 10.9 Å². The van der Waals surface area contributed by atoms with Crippen LogP contribution in [0.5, 0.6) is 0 Å². The Morgan fingerprint density at radius 3 is 3.00 bits per heavy atom. The molecule has 1 aromatic carbocycles. The van der Waals surface area contributed by atoms with E-state index in [1.807, 2.05) is 0 Å². The molecule has 2 nitrogen and oxygen atoms in total. The highest BCUT2D eigenvalue weighted by Crippen LogP contribution is 2.50. The number of para-hydroxylation sites is 1. The number of benzene rings is 1. The van der Waals surface area contributed by atoms with Gasteiger partial charge in [-0.2, -0.15) is 0 Å². The van der Waals surface area contributed by atoms with Crippen molar-refractivity contribution in [3.05, 3.63) is 35.5 Å². The second-order valence-electron chi connectivity index (χ2n) is 7.38. The van der Waals surface area contributed by atoms with Gasteiger partial charge in [0.25, 0.3) is 0 Å². The fourth-order valence-electron chi connectivity index (χ4n) is 5.54. The van der Waals surface area contributed by atoms with Gasteiger partial charge < -0.3 is 4.98 Å². The van der Waals surface area contributed by atoms with E-state index in [9.17, 15) is 0 Å². The van der Waals surface area contributed by atoms with Gasteiger partial charge in [0.05, 0.1) is 0 Å². The molecule has 2 aromatic rings.